The lowest BCUT2D eigenvalue weighted by molar-refractivity contribution is -0.0791. The van der Waals surface area contributed by atoms with Crippen LogP contribution in [0.15, 0.2) is 17.1 Å². The number of anilines is 1. The Morgan fingerprint density at radius 1 is 1.38 bits per heavy atom. The van der Waals surface area contributed by atoms with E-state index in [4.69, 9.17) is 29.7 Å². The fourth-order valence-electron chi connectivity index (χ4n) is 3.13. The molecule has 1 fully saturated rings. The molecule has 4 atom stereocenters. The molecule has 29 heavy (non-hydrogen) atoms. The lowest BCUT2D eigenvalue weighted by Gasteiger charge is -2.25. The Bertz CT molecular complexity index is 914. The van der Waals surface area contributed by atoms with E-state index >= 15 is 0 Å². The van der Waals surface area contributed by atoms with Crippen molar-refractivity contribution in [2.75, 3.05) is 24.1 Å². The molecule has 2 rings (SSSR count). The lowest BCUT2D eigenvalue weighted by atomic mass is 10.1. The van der Waals surface area contributed by atoms with Crippen LogP contribution in [0.1, 0.15) is 26.5 Å². The van der Waals surface area contributed by atoms with Gasteiger partial charge in [-0.3, -0.25) is 9.13 Å². The molecule has 0 radical (unpaired) electrons. The predicted octanol–water partition coefficient (Wildman–Crippen LogP) is -0.528. The van der Waals surface area contributed by atoms with Gasteiger partial charge in [0.25, 0.3) is 0 Å². The molecule has 0 aromatic carbocycles. The molecule has 1 aromatic heterocycles. The van der Waals surface area contributed by atoms with Gasteiger partial charge in [-0.25, -0.2) is 13.2 Å². The Kier molecular flexibility index (Phi) is 7.60. The number of hydrogen-bond acceptors (Lipinski definition) is 9. The summed E-state index contributed by atoms with van der Waals surface area (Å²) in [7, 11) is -7.36. The maximum Gasteiger partial charge on any atom is 0.351 e. The maximum atomic E-state index is 12.2. The first-order valence-corrected chi connectivity index (χ1v) is 12.4. The molecule has 12 nitrogen and oxygen atoms in total. The smallest absolute Gasteiger partial charge is 0.351 e. The summed E-state index contributed by atoms with van der Waals surface area (Å²) in [6.07, 6.45) is -2.19. The minimum atomic E-state index is -4.73. The third kappa shape index (κ3) is 6.57. The molecule has 14 heteroatoms. The van der Waals surface area contributed by atoms with Gasteiger partial charge < -0.3 is 29.7 Å². The van der Waals surface area contributed by atoms with Crippen LogP contribution in [0.5, 0.6) is 0 Å². The zero-order chi connectivity index (χ0) is 22.0. The summed E-state index contributed by atoms with van der Waals surface area (Å²) < 4.78 is 53.5. The van der Waals surface area contributed by atoms with Crippen LogP contribution >= 0.6 is 7.60 Å². The van der Waals surface area contributed by atoms with E-state index < -0.39 is 58.9 Å². The Balaban J connectivity index is 2.27. The van der Waals surface area contributed by atoms with Gasteiger partial charge in [-0.2, -0.15) is 4.98 Å². The Hall–Kier alpha value is -1.34. The third-order valence-electron chi connectivity index (χ3n) is 4.19. The van der Waals surface area contributed by atoms with Crippen molar-refractivity contribution in [1.82, 2.24) is 9.55 Å². The summed E-state index contributed by atoms with van der Waals surface area (Å²) in [5.74, 6) is -0.494. The molecule has 0 bridgehead atoms. The van der Waals surface area contributed by atoms with Gasteiger partial charge in [0.2, 0.25) is 0 Å². The number of nitrogens with zero attached hydrogens (tertiary/aromatic N) is 2. The first-order valence-electron chi connectivity index (χ1n) is 8.76. The van der Waals surface area contributed by atoms with Crippen molar-refractivity contribution in [3.8, 4) is 0 Å². The highest BCUT2D eigenvalue weighted by Gasteiger charge is 2.47. The van der Waals surface area contributed by atoms with Gasteiger partial charge in [0.05, 0.1) is 18.0 Å². The number of nitrogen functional groups attached to an aromatic ring is 1. The van der Waals surface area contributed by atoms with Crippen LogP contribution in [0.3, 0.4) is 0 Å². The van der Waals surface area contributed by atoms with Crippen LogP contribution in [0, 0.1) is 0 Å². The van der Waals surface area contributed by atoms with E-state index in [9.17, 15) is 17.8 Å². The van der Waals surface area contributed by atoms with Crippen LogP contribution in [0.4, 0.5) is 5.82 Å². The van der Waals surface area contributed by atoms with Crippen LogP contribution in [0.2, 0.25) is 0 Å². The summed E-state index contributed by atoms with van der Waals surface area (Å²) in [5.41, 5.74) is 3.59. The van der Waals surface area contributed by atoms with E-state index in [2.05, 4.69) is 4.98 Å². The van der Waals surface area contributed by atoms with Crippen molar-refractivity contribution in [3.63, 3.8) is 0 Å². The van der Waals surface area contributed by atoms with Crippen molar-refractivity contribution in [2.45, 2.75) is 50.9 Å². The molecule has 4 N–H and O–H groups in total. The Morgan fingerprint density at radius 3 is 2.55 bits per heavy atom. The van der Waals surface area contributed by atoms with E-state index in [-0.39, 0.29) is 18.3 Å². The molecule has 0 amide bonds. The van der Waals surface area contributed by atoms with Crippen molar-refractivity contribution in [3.05, 3.63) is 22.7 Å². The van der Waals surface area contributed by atoms with Crippen LogP contribution in [0.25, 0.3) is 0 Å². The normalized spacial score (nSPS) is 25.6. The molecular formula is C15H26N3O9PS. The Morgan fingerprint density at radius 2 is 2.03 bits per heavy atom. The average molecular weight is 455 g/mol. The highest BCUT2D eigenvalue weighted by molar-refractivity contribution is 7.97. The summed E-state index contributed by atoms with van der Waals surface area (Å²) in [6.45, 7) is 3.55. The summed E-state index contributed by atoms with van der Waals surface area (Å²) >= 11 is 0. The second kappa shape index (κ2) is 9.21. The number of hydrogen-bond donors (Lipinski definition) is 3. The second-order valence-corrected chi connectivity index (χ2v) is 11.2. The summed E-state index contributed by atoms with van der Waals surface area (Å²) in [6, 6.07) is 1.41. The van der Waals surface area contributed by atoms with Gasteiger partial charge in [-0.1, -0.05) is 0 Å². The van der Waals surface area contributed by atoms with E-state index in [1.165, 1.54) is 23.9 Å². The number of rotatable bonds is 9. The topological polar surface area (TPSA) is 180 Å². The molecule has 2 heterocycles. The number of nitrogens with two attached hydrogens (primary N) is 1. The van der Waals surface area contributed by atoms with Gasteiger partial charge >= 0.3 is 13.3 Å². The van der Waals surface area contributed by atoms with E-state index in [0.29, 0.717) is 0 Å². The highest BCUT2D eigenvalue weighted by Crippen LogP contribution is 2.38. The predicted molar refractivity (Wildman–Crippen MR) is 103 cm³/mol. The number of aromatic nitrogens is 2. The van der Waals surface area contributed by atoms with E-state index in [0.717, 1.165) is 0 Å². The second-order valence-electron chi connectivity index (χ2n) is 6.99. The largest absolute Gasteiger partial charge is 0.383 e. The van der Waals surface area contributed by atoms with Crippen LogP contribution in [-0.2, 0) is 28.6 Å². The maximum absolute atomic E-state index is 12.2. The third-order valence-corrected chi connectivity index (χ3v) is 7.97. The van der Waals surface area contributed by atoms with E-state index in [1.54, 1.807) is 13.8 Å². The molecule has 166 valence electrons. The molecule has 1 saturated heterocycles. The van der Waals surface area contributed by atoms with Gasteiger partial charge in [0.1, 0.15) is 18.0 Å². The Labute approximate surface area is 168 Å². The van der Waals surface area contributed by atoms with Gasteiger partial charge in [0.15, 0.2) is 21.6 Å². The van der Waals surface area contributed by atoms with Gasteiger partial charge in [-0.05, 0) is 26.3 Å². The molecule has 0 saturated carbocycles. The highest BCUT2D eigenvalue weighted by atomic mass is 32.2. The average Bonchev–Trinajstić information content (AvgIpc) is 2.87. The molecular weight excluding hydrogens is 429 g/mol. The lowest BCUT2D eigenvalue weighted by Crippen LogP contribution is -2.40. The van der Waals surface area contributed by atoms with Gasteiger partial charge in [0, 0.05) is 13.3 Å². The fraction of sp³-hybridized carbons (Fsp3) is 0.733. The minimum Gasteiger partial charge on any atom is -0.383 e. The summed E-state index contributed by atoms with van der Waals surface area (Å²) in [5, 5.41) is 0. The molecule has 1 aliphatic heterocycles. The van der Waals surface area contributed by atoms with Crippen molar-refractivity contribution in [2.24, 2.45) is 0 Å². The van der Waals surface area contributed by atoms with Crippen LogP contribution in [-0.4, -0.2) is 70.5 Å². The zero-order valence-electron chi connectivity index (χ0n) is 16.2. The molecule has 0 aliphatic carbocycles. The van der Waals surface area contributed by atoms with Crippen molar-refractivity contribution >= 4 is 23.3 Å². The monoisotopic (exact) mass is 455 g/mol. The zero-order valence-corrected chi connectivity index (χ0v) is 18.0. The minimum absolute atomic E-state index is 0.0354. The SMILES string of the molecule is CO[C@@H]1[C@H](OC(C)C)C(CCS(=O)(=O)CP(=O)(O)O)O[C@H]1n1ccc(N)nc1=O. The molecule has 0 spiro atoms. The van der Waals surface area contributed by atoms with E-state index in [1.807, 2.05) is 0 Å². The molecule has 1 unspecified atom stereocenters. The first-order chi connectivity index (χ1) is 13.3. The fourth-order valence-corrected chi connectivity index (χ4v) is 6.29. The quantitative estimate of drug-likeness (QED) is 0.407. The summed E-state index contributed by atoms with van der Waals surface area (Å²) in [4.78, 5) is 33.7. The molecule has 1 aliphatic rings. The molecule has 1 aromatic rings. The van der Waals surface area contributed by atoms with Crippen LogP contribution < -0.4 is 11.4 Å². The van der Waals surface area contributed by atoms with Gasteiger partial charge in [-0.15, -0.1) is 0 Å². The first kappa shape index (κ1) is 23.9. The number of sulfone groups is 1. The standard InChI is InChI=1S/C15H26N3O9PS/c1-9(2)26-12-10(5-7-29(23,24)8-28(20,21)22)27-14(13(12)25-3)18-6-4-11(16)17-15(18)19/h4,6,9-10,12-14H,5,7-8H2,1-3H3,(H2,16,17,19)(H2,20,21,22)/t10?,12-,13-,14-/m1/s1. The van der Waals surface area contributed by atoms with Crippen molar-refractivity contribution in [1.29, 1.82) is 0 Å². The van der Waals surface area contributed by atoms with Crippen molar-refractivity contribution < 1.29 is 37.0 Å². The number of ether oxygens (including phenoxy) is 3. The number of methoxy groups -OCH3 is 1.